The lowest BCUT2D eigenvalue weighted by atomic mass is 9.66. The fourth-order valence-corrected chi connectivity index (χ4v) is 5.27. The Balaban J connectivity index is 1.94. The maximum Gasteiger partial charge on any atom is 0.141 e. The number of aliphatic hydroxyl groups excluding tert-OH is 1. The highest BCUT2D eigenvalue weighted by molar-refractivity contribution is 5.86. The SMILES string of the molecule is CCCCCC[C@@H](O[C@@H](c1ccccc1)[C@@H](O)c1ccccc1)[C@@]1(CC)CCCCC1=O. The number of hydrogen-bond donors (Lipinski definition) is 1. The number of carbonyl (C=O) groups excluding carboxylic acids is 1. The van der Waals surface area contributed by atoms with Gasteiger partial charge in [-0.25, -0.2) is 0 Å². The summed E-state index contributed by atoms with van der Waals surface area (Å²) < 4.78 is 6.87. The minimum absolute atomic E-state index is 0.180. The second-order valence-corrected chi connectivity index (χ2v) is 9.30. The molecule has 32 heavy (non-hydrogen) atoms. The van der Waals surface area contributed by atoms with E-state index in [-0.39, 0.29) is 6.10 Å². The van der Waals surface area contributed by atoms with Crippen molar-refractivity contribution in [1.29, 1.82) is 0 Å². The molecule has 0 saturated heterocycles. The van der Waals surface area contributed by atoms with E-state index < -0.39 is 17.6 Å². The second kappa shape index (κ2) is 12.3. The monoisotopic (exact) mass is 436 g/mol. The Bertz CT molecular complexity index is 804. The van der Waals surface area contributed by atoms with Gasteiger partial charge in [-0.05, 0) is 36.8 Å². The van der Waals surface area contributed by atoms with Crippen LogP contribution in [0.15, 0.2) is 60.7 Å². The molecule has 2 aromatic carbocycles. The van der Waals surface area contributed by atoms with Crippen molar-refractivity contribution in [2.75, 3.05) is 0 Å². The highest BCUT2D eigenvalue weighted by atomic mass is 16.5. The molecule has 0 aromatic heterocycles. The summed E-state index contributed by atoms with van der Waals surface area (Å²) in [6.07, 6.45) is 8.39. The Labute approximate surface area is 194 Å². The van der Waals surface area contributed by atoms with E-state index in [2.05, 4.69) is 13.8 Å². The molecular formula is C29H40O3. The van der Waals surface area contributed by atoms with Gasteiger partial charge in [0.2, 0.25) is 0 Å². The minimum atomic E-state index is -0.788. The molecule has 2 aromatic rings. The Hall–Kier alpha value is -1.97. The second-order valence-electron chi connectivity index (χ2n) is 9.30. The van der Waals surface area contributed by atoms with Crippen LogP contribution in [0.1, 0.15) is 101 Å². The molecule has 0 spiro atoms. The number of Topliss-reactive ketones (excluding diaryl/α,β-unsaturated/α-hetero) is 1. The largest absolute Gasteiger partial charge is 0.385 e. The predicted octanol–water partition coefficient (Wildman–Crippen LogP) is 7.36. The van der Waals surface area contributed by atoms with Crippen molar-refractivity contribution in [2.45, 2.75) is 96.4 Å². The smallest absolute Gasteiger partial charge is 0.141 e. The first-order valence-electron chi connectivity index (χ1n) is 12.6. The summed E-state index contributed by atoms with van der Waals surface area (Å²) in [7, 11) is 0. The molecule has 1 saturated carbocycles. The molecule has 4 atom stereocenters. The molecule has 0 bridgehead atoms. The Morgan fingerprint density at radius 3 is 2.16 bits per heavy atom. The lowest BCUT2D eigenvalue weighted by Crippen LogP contribution is -2.46. The summed E-state index contributed by atoms with van der Waals surface area (Å²) in [6.45, 7) is 4.35. The summed E-state index contributed by atoms with van der Waals surface area (Å²) in [5.41, 5.74) is 1.36. The number of unbranched alkanes of at least 4 members (excludes halogenated alkanes) is 3. The van der Waals surface area contributed by atoms with Crippen LogP contribution in [0, 0.1) is 5.41 Å². The first-order chi connectivity index (χ1) is 15.6. The maximum atomic E-state index is 13.3. The van der Waals surface area contributed by atoms with Crippen molar-refractivity contribution >= 4 is 5.78 Å². The zero-order valence-electron chi connectivity index (χ0n) is 19.8. The van der Waals surface area contributed by atoms with E-state index in [1.165, 1.54) is 12.8 Å². The summed E-state index contributed by atoms with van der Waals surface area (Å²) >= 11 is 0. The van der Waals surface area contributed by atoms with Gasteiger partial charge in [-0.1, -0.05) is 107 Å². The van der Waals surface area contributed by atoms with Gasteiger partial charge in [0.05, 0.1) is 11.5 Å². The van der Waals surface area contributed by atoms with E-state index in [9.17, 15) is 9.90 Å². The normalized spacial score (nSPS) is 21.8. The standard InChI is InChI=1S/C29H40O3/c1-3-5-6-13-21-26(29(4-2)22-15-14-20-25(29)30)32-28(24-18-11-8-12-19-24)27(31)23-16-9-7-10-17-23/h7-12,16-19,26-28,31H,3-6,13-15,20-22H2,1-2H3/t26-,27+,28+,29+/m1/s1. The number of rotatable bonds is 12. The van der Waals surface area contributed by atoms with Crippen molar-refractivity contribution in [3.05, 3.63) is 71.8 Å². The maximum absolute atomic E-state index is 13.3. The first-order valence-corrected chi connectivity index (χ1v) is 12.6. The van der Waals surface area contributed by atoms with E-state index in [0.29, 0.717) is 12.2 Å². The number of ether oxygens (including phenoxy) is 1. The lowest BCUT2D eigenvalue weighted by molar-refractivity contribution is -0.161. The predicted molar refractivity (Wildman–Crippen MR) is 130 cm³/mol. The summed E-state index contributed by atoms with van der Waals surface area (Å²) in [6, 6.07) is 19.7. The molecule has 1 aliphatic rings. The van der Waals surface area contributed by atoms with Crippen LogP contribution in [-0.2, 0) is 9.53 Å². The van der Waals surface area contributed by atoms with Crippen LogP contribution in [-0.4, -0.2) is 17.0 Å². The van der Waals surface area contributed by atoms with Crippen molar-refractivity contribution in [1.82, 2.24) is 0 Å². The summed E-state index contributed by atoms with van der Waals surface area (Å²) in [5, 5.41) is 11.4. The van der Waals surface area contributed by atoms with E-state index in [4.69, 9.17) is 4.74 Å². The third-order valence-electron chi connectivity index (χ3n) is 7.27. The van der Waals surface area contributed by atoms with Gasteiger partial charge in [-0.3, -0.25) is 4.79 Å². The van der Waals surface area contributed by atoms with Gasteiger partial charge in [-0.2, -0.15) is 0 Å². The zero-order chi connectivity index (χ0) is 22.8. The van der Waals surface area contributed by atoms with Crippen LogP contribution in [0.2, 0.25) is 0 Å². The van der Waals surface area contributed by atoms with Gasteiger partial charge in [0.15, 0.2) is 0 Å². The van der Waals surface area contributed by atoms with Gasteiger partial charge in [0.25, 0.3) is 0 Å². The molecule has 3 rings (SSSR count). The number of ketones is 1. The number of aliphatic hydroxyl groups is 1. The molecule has 3 heteroatoms. The molecular weight excluding hydrogens is 396 g/mol. The molecule has 1 aliphatic carbocycles. The van der Waals surface area contributed by atoms with E-state index in [1.54, 1.807) is 0 Å². The molecule has 0 aliphatic heterocycles. The van der Waals surface area contributed by atoms with E-state index in [1.807, 2.05) is 60.7 Å². The van der Waals surface area contributed by atoms with Gasteiger partial charge in [0, 0.05) is 6.42 Å². The summed E-state index contributed by atoms with van der Waals surface area (Å²) in [4.78, 5) is 13.3. The van der Waals surface area contributed by atoms with Crippen LogP contribution >= 0.6 is 0 Å². The first kappa shape index (κ1) is 24.7. The molecule has 1 N–H and O–H groups in total. The van der Waals surface area contributed by atoms with Gasteiger partial charge < -0.3 is 9.84 Å². The topological polar surface area (TPSA) is 46.5 Å². The van der Waals surface area contributed by atoms with Crippen LogP contribution in [0.4, 0.5) is 0 Å². The van der Waals surface area contributed by atoms with Crippen molar-refractivity contribution in [3.63, 3.8) is 0 Å². The fourth-order valence-electron chi connectivity index (χ4n) is 5.27. The molecule has 0 unspecified atom stereocenters. The third-order valence-corrected chi connectivity index (χ3v) is 7.27. The molecule has 0 amide bonds. The van der Waals surface area contributed by atoms with Gasteiger partial charge >= 0.3 is 0 Å². The summed E-state index contributed by atoms with van der Waals surface area (Å²) in [5.74, 6) is 0.354. The molecule has 1 fully saturated rings. The van der Waals surface area contributed by atoms with Crippen LogP contribution < -0.4 is 0 Å². The minimum Gasteiger partial charge on any atom is -0.385 e. The van der Waals surface area contributed by atoms with Crippen LogP contribution in [0.25, 0.3) is 0 Å². The zero-order valence-corrected chi connectivity index (χ0v) is 19.8. The Morgan fingerprint density at radius 1 is 0.906 bits per heavy atom. The van der Waals surface area contributed by atoms with Crippen LogP contribution in [0.5, 0.6) is 0 Å². The van der Waals surface area contributed by atoms with Crippen molar-refractivity contribution in [3.8, 4) is 0 Å². The van der Waals surface area contributed by atoms with E-state index in [0.717, 1.165) is 56.1 Å². The molecule has 3 nitrogen and oxygen atoms in total. The molecule has 0 heterocycles. The lowest BCUT2D eigenvalue weighted by Gasteiger charge is -2.43. The average molecular weight is 437 g/mol. The van der Waals surface area contributed by atoms with Gasteiger partial charge in [-0.15, -0.1) is 0 Å². The van der Waals surface area contributed by atoms with E-state index >= 15 is 0 Å². The fraction of sp³-hybridized carbons (Fsp3) is 0.552. The number of hydrogen-bond acceptors (Lipinski definition) is 3. The quantitative estimate of drug-likeness (QED) is 0.354. The van der Waals surface area contributed by atoms with Gasteiger partial charge in [0.1, 0.15) is 18.0 Å². The Morgan fingerprint density at radius 2 is 1.56 bits per heavy atom. The molecule has 174 valence electrons. The number of carbonyl (C=O) groups is 1. The third kappa shape index (κ3) is 5.88. The highest BCUT2D eigenvalue weighted by Crippen LogP contribution is 2.46. The number of benzene rings is 2. The average Bonchev–Trinajstić information content (AvgIpc) is 2.85. The van der Waals surface area contributed by atoms with Crippen LogP contribution in [0.3, 0.4) is 0 Å². The van der Waals surface area contributed by atoms with Crippen molar-refractivity contribution in [2.24, 2.45) is 5.41 Å². The van der Waals surface area contributed by atoms with Crippen molar-refractivity contribution < 1.29 is 14.6 Å². The Kier molecular flexibility index (Phi) is 9.50. The highest BCUT2D eigenvalue weighted by Gasteiger charge is 2.46. The molecule has 0 radical (unpaired) electrons.